The minimum Gasteiger partial charge on any atom is -0.390 e. The Kier molecular flexibility index (Phi) is 6.82. The van der Waals surface area contributed by atoms with Crippen LogP contribution in [0.5, 0.6) is 0 Å². The zero-order chi connectivity index (χ0) is 16.5. The summed E-state index contributed by atoms with van der Waals surface area (Å²) in [6.45, 7) is 7.13. The summed E-state index contributed by atoms with van der Waals surface area (Å²) in [5, 5.41) is 5.75. The van der Waals surface area contributed by atoms with E-state index >= 15 is 0 Å². The Hall–Kier alpha value is -2.13. The lowest BCUT2D eigenvalue weighted by Crippen LogP contribution is -2.22. The Balaban J connectivity index is 2.21. The number of nitrogens with zero attached hydrogens (tertiary/aromatic N) is 2. The van der Waals surface area contributed by atoms with Gasteiger partial charge in [0.25, 0.3) is 0 Å². The Labute approximate surface area is 139 Å². The van der Waals surface area contributed by atoms with Crippen molar-refractivity contribution in [1.29, 1.82) is 0 Å². The lowest BCUT2D eigenvalue weighted by Gasteiger charge is -2.15. The lowest BCUT2D eigenvalue weighted by atomic mass is 10.1. The molecule has 0 unspecified atom stereocenters. The summed E-state index contributed by atoms with van der Waals surface area (Å²) in [6.07, 6.45) is 5.15. The van der Waals surface area contributed by atoms with Gasteiger partial charge in [-0.3, -0.25) is 4.99 Å². The molecule has 1 N–H and O–H groups in total. The molecule has 0 amide bonds. The number of likely N-dealkylation sites (N-methyl/N-ethyl adjacent to an activating group) is 1. The second-order valence-electron chi connectivity index (χ2n) is 5.76. The SMILES string of the molecule is CCCN(C)C/C(=C/NCC)N=Cc1cccc2ccccc12. The molecule has 122 valence electrons. The zero-order valence-corrected chi connectivity index (χ0v) is 14.4. The fourth-order valence-electron chi connectivity index (χ4n) is 2.60. The third kappa shape index (κ3) is 5.22. The van der Waals surface area contributed by atoms with E-state index < -0.39 is 0 Å². The quantitative estimate of drug-likeness (QED) is 0.745. The van der Waals surface area contributed by atoms with Crippen LogP contribution in [0, 0.1) is 0 Å². The maximum atomic E-state index is 4.74. The molecular formula is C20H27N3. The fourth-order valence-corrected chi connectivity index (χ4v) is 2.60. The average molecular weight is 309 g/mol. The van der Waals surface area contributed by atoms with Crippen LogP contribution in [-0.4, -0.2) is 37.8 Å². The van der Waals surface area contributed by atoms with E-state index in [-0.39, 0.29) is 0 Å². The van der Waals surface area contributed by atoms with E-state index in [1.807, 2.05) is 12.4 Å². The van der Waals surface area contributed by atoms with Gasteiger partial charge in [0.2, 0.25) is 0 Å². The molecular weight excluding hydrogens is 282 g/mol. The molecule has 0 bridgehead atoms. The van der Waals surface area contributed by atoms with Gasteiger partial charge in [-0.05, 0) is 37.7 Å². The molecule has 0 spiro atoms. The van der Waals surface area contributed by atoms with Crippen LogP contribution in [0.2, 0.25) is 0 Å². The highest BCUT2D eigenvalue weighted by atomic mass is 15.1. The number of rotatable bonds is 8. The predicted molar refractivity (Wildman–Crippen MR) is 101 cm³/mol. The van der Waals surface area contributed by atoms with E-state index in [4.69, 9.17) is 4.99 Å². The molecule has 2 aromatic carbocycles. The van der Waals surface area contributed by atoms with E-state index in [9.17, 15) is 0 Å². The molecule has 0 saturated heterocycles. The number of fused-ring (bicyclic) bond motifs is 1. The molecule has 3 nitrogen and oxygen atoms in total. The summed E-state index contributed by atoms with van der Waals surface area (Å²) in [7, 11) is 2.14. The van der Waals surface area contributed by atoms with Crippen LogP contribution in [0.15, 0.2) is 59.4 Å². The summed E-state index contributed by atoms with van der Waals surface area (Å²) in [4.78, 5) is 7.03. The minimum atomic E-state index is 0.849. The largest absolute Gasteiger partial charge is 0.390 e. The predicted octanol–water partition coefficient (Wildman–Crippen LogP) is 4.05. The van der Waals surface area contributed by atoms with Gasteiger partial charge in [0.15, 0.2) is 0 Å². The van der Waals surface area contributed by atoms with Crippen LogP contribution in [0.4, 0.5) is 0 Å². The van der Waals surface area contributed by atoms with Crippen molar-refractivity contribution in [2.75, 3.05) is 26.7 Å². The van der Waals surface area contributed by atoms with Gasteiger partial charge in [-0.25, -0.2) is 0 Å². The van der Waals surface area contributed by atoms with Crippen molar-refractivity contribution in [3.8, 4) is 0 Å². The van der Waals surface area contributed by atoms with Crippen LogP contribution in [0.3, 0.4) is 0 Å². The number of benzene rings is 2. The van der Waals surface area contributed by atoms with Gasteiger partial charge in [-0.1, -0.05) is 49.4 Å². The molecule has 0 heterocycles. The second-order valence-corrected chi connectivity index (χ2v) is 5.76. The molecule has 0 aromatic heterocycles. The summed E-state index contributed by atoms with van der Waals surface area (Å²) in [6, 6.07) is 14.8. The molecule has 0 aliphatic heterocycles. The average Bonchev–Trinajstić information content (AvgIpc) is 2.57. The highest BCUT2D eigenvalue weighted by Gasteiger charge is 2.02. The van der Waals surface area contributed by atoms with Gasteiger partial charge in [0, 0.05) is 31.1 Å². The van der Waals surface area contributed by atoms with Crippen molar-refractivity contribution in [1.82, 2.24) is 10.2 Å². The summed E-state index contributed by atoms with van der Waals surface area (Å²) in [5.74, 6) is 0. The first-order valence-corrected chi connectivity index (χ1v) is 8.37. The van der Waals surface area contributed by atoms with Crippen molar-refractivity contribution in [2.45, 2.75) is 20.3 Å². The Morgan fingerprint density at radius 3 is 2.70 bits per heavy atom. The van der Waals surface area contributed by atoms with E-state index in [2.05, 4.69) is 73.6 Å². The molecule has 0 aliphatic rings. The van der Waals surface area contributed by atoms with Crippen LogP contribution in [0.1, 0.15) is 25.8 Å². The molecule has 0 radical (unpaired) electrons. The maximum absolute atomic E-state index is 4.74. The van der Waals surface area contributed by atoms with Crippen LogP contribution in [-0.2, 0) is 0 Å². The number of hydrogen-bond acceptors (Lipinski definition) is 3. The summed E-state index contributed by atoms with van der Waals surface area (Å²) < 4.78 is 0. The molecule has 0 aliphatic carbocycles. The summed E-state index contributed by atoms with van der Waals surface area (Å²) >= 11 is 0. The highest BCUT2D eigenvalue weighted by Crippen LogP contribution is 2.17. The topological polar surface area (TPSA) is 27.6 Å². The zero-order valence-electron chi connectivity index (χ0n) is 14.4. The van der Waals surface area contributed by atoms with Crippen LogP contribution >= 0.6 is 0 Å². The molecule has 0 atom stereocenters. The normalized spacial score (nSPS) is 12.4. The number of hydrogen-bond donors (Lipinski definition) is 1. The van der Waals surface area contributed by atoms with Crippen molar-refractivity contribution >= 4 is 17.0 Å². The van der Waals surface area contributed by atoms with E-state index in [1.54, 1.807) is 0 Å². The lowest BCUT2D eigenvalue weighted by molar-refractivity contribution is 0.361. The third-order valence-electron chi connectivity index (χ3n) is 3.70. The second kappa shape index (κ2) is 9.11. The minimum absolute atomic E-state index is 0.849. The first-order valence-electron chi connectivity index (χ1n) is 8.37. The van der Waals surface area contributed by atoms with Gasteiger partial charge >= 0.3 is 0 Å². The van der Waals surface area contributed by atoms with Gasteiger partial charge < -0.3 is 10.2 Å². The number of aliphatic imine (C=N–C) groups is 1. The maximum Gasteiger partial charge on any atom is 0.0700 e. The molecule has 3 heteroatoms. The molecule has 23 heavy (non-hydrogen) atoms. The first kappa shape index (κ1) is 17.2. The van der Waals surface area contributed by atoms with Gasteiger partial charge in [-0.15, -0.1) is 0 Å². The van der Waals surface area contributed by atoms with Gasteiger partial charge in [0.05, 0.1) is 5.70 Å². The van der Waals surface area contributed by atoms with Crippen molar-refractivity contribution < 1.29 is 0 Å². The Morgan fingerprint density at radius 2 is 1.91 bits per heavy atom. The smallest absolute Gasteiger partial charge is 0.0700 e. The van der Waals surface area contributed by atoms with E-state index in [0.717, 1.165) is 37.3 Å². The molecule has 0 saturated carbocycles. The van der Waals surface area contributed by atoms with Crippen LogP contribution < -0.4 is 5.32 Å². The first-order chi connectivity index (χ1) is 11.2. The molecule has 2 rings (SSSR count). The Morgan fingerprint density at radius 1 is 1.13 bits per heavy atom. The highest BCUT2D eigenvalue weighted by molar-refractivity contribution is 5.99. The molecule has 2 aromatic rings. The van der Waals surface area contributed by atoms with E-state index in [0.29, 0.717) is 0 Å². The standard InChI is InChI=1S/C20H27N3/c1-4-13-23(3)16-19(15-21-5-2)22-14-18-11-8-10-17-9-6-7-12-20(17)18/h6-12,14-15,21H,4-5,13,16H2,1-3H3/b19-15-,22-14?. The van der Waals surface area contributed by atoms with Gasteiger partial charge in [0.1, 0.15) is 0 Å². The van der Waals surface area contributed by atoms with Crippen molar-refractivity contribution in [3.63, 3.8) is 0 Å². The van der Waals surface area contributed by atoms with Crippen LogP contribution in [0.25, 0.3) is 10.8 Å². The van der Waals surface area contributed by atoms with Crippen molar-refractivity contribution in [2.24, 2.45) is 4.99 Å². The van der Waals surface area contributed by atoms with E-state index in [1.165, 1.54) is 10.8 Å². The summed E-state index contributed by atoms with van der Waals surface area (Å²) in [5.41, 5.74) is 2.21. The fraction of sp³-hybridized carbons (Fsp3) is 0.350. The van der Waals surface area contributed by atoms with Crippen molar-refractivity contribution in [3.05, 3.63) is 59.9 Å². The third-order valence-corrected chi connectivity index (χ3v) is 3.70. The van der Waals surface area contributed by atoms with Gasteiger partial charge in [-0.2, -0.15) is 0 Å². The monoisotopic (exact) mass is 309 g/mol. The molecule has 0 fully saturated rings. The number of nitrogens with one attached hydrogen (secondary N) is 1. The Bertz CT molecular complexity index is 668.